The number of sulfonamides is 1. The normalized spacial score (nSPS) is 16.0. The van der Waals surface area contributed by atoms with Crippen LogP contribution in [0, 0.1) is 10.1 Å². The van der Waals surface area contributed by atoms with Gasteiger partial charge in [-0.15, -0.1) is 0 Å². The molecule has 1 aliphatic heterocycles. The zero-order valence-electron chi connectivity index (χ0n) is 14.9. The lowest BCUT2D eigenvalue weighted by molar-refractivity contribution is -0.385. The lowest BCUT2D eigenvalue weighted by Gasteiger charge is -2.33. The highest BCUT2D eigenvalue weighted by Crippen LogP contribution is 2.23. The lowest BCUT2D eigenvalue weighted by Crippen LogP contribution is -2.48. The molecule has 0 radical (unpaired) electrons. The Morgan fingerprint density at radius 2 is 1.93 bits per heavy atom. The highest BCUT2D eigenvalue weighted by Gasteiger charge is 2.29. The minimum Gasteiger partial charge on any atom is -0.366 e. The maximum atomic E-state index is 12.6. The van der Waals surface area contributed by atoms with E-state index in [0.29, 0.717) is 18.7 Å². The number of pyridine rings is 1. The standard InChI is InChI=1S/C17H19N5O5S/c18-17(23)13-3-4-14(16(10-13)22(24)25)12-20-6-8-21(9-7-20)28(26,27)15-2-1-5-19-11-15/h1-5,10-11H,6-9,12H2,(H2,18,23). The predicted octanol–water partition coefficient (Wildman–Crippen LogP) is 0.595. The number of primary amides is 1. The molecule has 1 saturated heterocycles. The van der Waals surface area contributed by atoms with Crippen molar-refractivity contribution in [3.8, 4) is 0 Å². The fourth-order valence-electron chi connectivity index (χ4n) is 3.04. The molecule has 0 spiro atoms. The fourth-order valence-corrected chi connectivity index (χ4v) is 4.43. The van der Waals surface area contributed by atoms with Crippen molar-refractivity contribution in [2.45, 2.75) is 11.4 Å². The molecule has 11 heteroatoms. The van der Waals surface area contributed by atoms with Gasteiger partial charge in [-0.1, -0.05) is 6.07 Å². The summed E-state index contributed by atoms with van der Waals surface area (Å²) in [6, 6.07) is 7.20. The number of nitro groups is 1. The summed E-state index contributed by atoms with van der Waals surface area (Å²) in [6.45, 7) is 1.66. The zero-order valence-corrected chi connectivity index (χ0v) is 15.7. The van der Waals surface area contributed by atoms with E-state index >= 15 is 0 Å². The molecule has 2 N–H and O–H groups in total. The smallest absolute Gasteiger partial charge is 0.274 e. The van der Waals surface area contributed by atoms with Crippen LogP contribution in [0.2, 0.25) is 0 Å². The molecule has 148 valence electrons. The SMILES string of the molecule is NC(=O)c1ccc(CN2CCN(S(=O)(=O)c3cccnc3)CC2)c([N+](=O)[O-])c1. The van der Waals surface area contributed by atoms with Crippen molar-refractivity contribution >= 4 is 21.6 Å². The fraction of sp³-hybridized carbons (Fsp3) is 0.294. The molecular formula is C17H19N5O5S. The topological polar surface area (TPSA) is 140 Å². The molecule has 10 nitrogen and oxygen atoms in total. The van der Waals surface area contributed by atoms with Gasteiger partial charge >= 0.3 is 0 Å². The van der Waals surface area contributed by atoms with Gasteiger partial charge in [-0.05, 0) is 18.2 Å². The van der Waals surface area contributed by atoms with E-state index in [1.807, 2.05) is 4.90 Å². The van der Waals surface area contributed by atoms with Crippen LogP contribution in [0.3, 0.4) is 0 Å². The quantitative estimate of drug-likeness (QED) is 0.548. The third kappa shape index (κ3) is 4.16. The number of benzene rings is 1. The Balaban J connectivity index is 1.70. The number of aromatic nitrogens is 1. The highest BCUT2D eigenvalue weighted by atomic mass is 32.2. The van der Waals surface area contributed by atoms with Crippen LogP contribution in [0.4, 0.5) is 5.69 Å². The minimum atomic E-state index is -3.61. The van der Waals surface area contributed by atoms with Crippen molar-refractivity contribution in [1.82, 2.24) is 14.2 Å². The molecular weight excluding hydrogens is 386 g/mol. The van der Waals surface area contributed by atoms with E-state index in [9.17, 15) is 23.3 Å². The average Bonchev–Trinajstić information content (AvgIpc) is 2.69. The van der Waals surface area contributed by atoms with Crippen molar-refractivity contribution < 1.29 is 18.1 Å². The highest BCUT2D eigenvalue weighted by molar-refractivity contribution is 7.89. The van der Waals surface area contributed by atoms with Crippen LogP contribution in [0.5, 0.6) is 0 Å². The molecule has 0 unspecified atom stereocenters. The first-order chi connectivity index (χ1) is 13.3. The number of carbonyl (C=O) groups excluding carboxylic acids is 1. The first-order valence-electron chi connectivity index (χ1n) is 8.48. The van der Waals surface area contributed by atoms with Crippen molar-refractivity contribution in [3.05, 3.63) is 64.0 Å². The van der Waals surface area contributed by atoms with Gasteiger partial charge in [0, 0.05) is 62.3 Å². The van der Waals surface area contributed by atoms with Crippen molar-refractivity contribution in [2.75, 3.05) is 26.2 Å². The summed E-state index contributed by atoms with van der Waals surface area (Å²) >= 11 is 0. The summed E-state index contributed by atoms with van der Waals surface area (Å²) in [5.74, 6) is -0.733. The van der Waals surface area contributed by atoms with Crippen LogP contribution in [0.25, 0.3) is 0 Å². The lowest BCUT2D eigenvalue weighted by atomic mass is 10.1. The summed E-state index contributed by atoms with van der Waals surface area (Å²) in [6.07, 6.45) is 2.82. The van der Waals surface area contributed by atoms with Gasteiger partial charge in [0.1, 0.15) is 4.90 Å². The second-order valence-electron chi connectivity index (χ2n) is 6.33. The Hall–Kier alpha value is -2.89. The first kappa shape index (κ1) is 19.9. The molecule has 1 aromatic carbocycles. The molecule has 1 fully saturated rings. The number of piperazine rings is 1. The third-order valence-electron chi connectivity index (χ3n) is 4.56. The summed E-state index contributed by atoms with van der Waals surface area (Å²) < 4.78 is 26.6. The summed E-state index contributed by atoms with van der Waals surface area (Å²) in [7, 11) is -3.61. The Morgan fingerprint density at radius 3 is 2.50 bits per heavy atom. The largest absolute Gasteiger partial charge is 0.366 e. The zero-order chi connectivity index (χ0) is 20.3. The second-order valence-corrected chi connectivity index (χ2v) is 8.27. The van der Waals surface area contributed by atoms with Gasteiger partial charge in [0.25, 0.3) is 5.69 Å². The van der Waals surface area contributed by atoms with Gasteiger partial charge < -0.3 is 5.73 Å². The van der Waals surface area contributed by atoms with Crippen LogP contribution in [-0.2, 0) is 16.6 Å². The van der Waals surface area contributed by atoms with Gasteiger partial charge in [-0.25, -0.2) is 8.42 Å². The van der Waals surface area contributed by atoms with Gasteiger partial charge in [-0.2, -0.15) is 4.31 Å². The average molecular weight is 405 g/mol. The summed E-state index contributed by atoms with van der Waals surface area (Å²) in [5.41, 5.74) is 5.52. The number of rotatable bonds is 6. The van der Waals surface area contributed by atoms with E-state index < -0.39 is 20.9 Å². The van der Waals surface area contributed by atoms with Crippen LogP contribution in [0.1, 0.15) is 15.9 Å². The summed E-state index contributed by atoms with van der Waals surface area (Å²) in [5, 5.41) is 11.3. The molecule has 2 aromatic rings. The Morgan fingerprint density at radius 1 is 1.21 bits per heavy atom. The van der Waals surface area contributed by atoms with E-state index in [0.717, 1.165) is 0 Å². The second kappa shape index (κ2) is 8.00. The number of nitrogens with two attached hydrogens (primary N) is 1. The molecule has 0 saturated carbocycles. The van der Waals surface area contributed by atoms with Gasteiger partial charge in [0.2, 0.25) is 15.9 Å². The molecule has 0 atom stereocenters. The van der Waals surface area contributed by atoms with Crippen LogP contribution in [-0.4, -0.2) is 59.6 Å². The van der Waals surface area contributed by atoms with Gasteiger partial charge in [0.15, 0.2) is 0 Å². The number of hydrogen-bond donors (Lipinski definition) is 1. The van der Waals surface area contributed by atoms with Gasteiger partial charge in [0.05, 0.1) is 4.92 Å². The van der Waals surface area contributed by atoms with E-state index in [4.69, 9.17) is 5.73 Å². The number of amides is 1. The predicted molar refractivity (Wildman–Crippen MR) is 99.9 cm³/mol. The molecule has 3 rings (SSSR count). The third-order valence-corrected chi connectivity index (χ3v) is 6.45. The molecule has 28 heavy (non-hydrogen) atoms. The Bertz CT molecular complexity index is 988. The Labute approximate surface area is 161 Å². The molecule has 1 aliphatic rings. The maximum absolute atomic E-state index is 12.6. The monoisotopic (exact) mass is 405 g/mol. The first-order valence-corrected chi connectivity index (χ1v) is 9.92. The number of nitro benzene ring substituents is 1. The molecule has 0 bridgehead atoms. The van der Waals surface area contributed by atoms with E-state index in [2.05, 4.69) is 4.98 Å². The van der Waals surface area contributed by atoms with E-state index in [1.54, 1.807) is 6.07 Å². The van der Waals surface area contributed by atoms with E-state index in [1.165, 1.54) is 41.0 Å². The van der Waals surface area contributed by atoms with Crippen LogP contribution < -0.4 is 5.73 Å². The maximum Gasteiger partial charge on any atom is 0.274 e. The minimum absolute atomic E-state index is 0.0721. The van der Waals surface area contributed by atoms with Crippen molar-refractivity contribution in [1.29, 1.82) is 0 Å². The number of carbonyl (C=O) groups is 1. The van der Waals surface area contributed by atoms with Crippen LogP contribution >= 0.6 is 0 Å². The molecule has 1 amide bonds. The molecule has 1 aromatic heterocycles. The summed E-state index contributed by atoms with van der Waals surface area (Å²) in [4.78, 5) is 27.9. The van der Waals surface area contributed by atoms with Crippen LogP contribution in [0.15, 0.2) is 47.6 Å². The number of nitrogens with zero attached hydrogens (tertiary/aromatic N) is 4. The van der Waals surface area contributed by atoms with Crippen molar-refractivity contribution in [3.63, 3.8) is 0 Å². The van der Waals surface area contributed by atoms with Crippen molar-refractivity contribution in [2.24, 2.45) is 5.73 Å². The molecule has 2 heterocycles. The van der Waals surface area contributed by atoms with E-state index in [-0.39, 0.29) is 35.8 Å². The Kier molecular flexibility index (Phi) is 5.68. The molecule has 0 aliphatic carbocycles. The van der Waals surface area contributed by atoms with Gasteiger partial charge in [-0.3, -0.25) is 24.8 Å². The number of hydrogen-bond acceptors (Lipinski definition) is 7.